The van der Waals surface area contributed by atoms with E-state index in [9.17, 15) is 14.3 Å². The highest BCUT2D eigenvalue weighted by atomic mass is 32.2. The summed E-state index contributed by atoms with van der Waals surface area (Å²) in [4.78, 5) is 15.5. The van der Waals surface area contributed by atoms with Gasteiger partial charge in [0.05, 0.1) is 6.10 Å². The van der Waals surface area contributed by atoms with Gasteiger partial charge in [-0.2, -0.15) is 0 Å². The number of ether oxygens (including phenoxy) is 1. The van der Waals surface area contributed by atoms with Crippen molar-refractivity contribution in [3.8, 4) is 5.75 Å². The van der Waals surface area contributed by atoms with Crippen LogP contribution in [0.25, 0.3) is 0 Å². The fourth-order valence-electron chi connectivity index (χ4n) is 3.08. The van der Waals surface area contributed by atoms with Gasteiger partial charge in [-0.3, -0.25) is 4.79 Å². The van der Waals surface area contributed by atoms with Gasteiger partial charge in [-0.25, -0.2) is 4.39 Å². The average Bonchev–Trinajstić information content (AvgIpc) is 3.17. The maximum absolute atomic E-state index is 13.0. The predicted molar refractivity (Wildman–Crippen MR) is 104 cm³/mol. The second kappa shape index (κ2) is 9.76. The van der Waals surface area contributed by atoms with Crippen LogP contribution in [0.1, 0.15) is 24.8 Å². The largest absolute Gasteiger partial charge is 0.508 e. The SMILES string of the molecule is O=C(CCSc1ccc(F)cc1)N(Cc1ccccc1O)CC1CCCO1. The van der Waals surface area contributed by atoms with E-state index in [1.165, 1.54) is 23.9 Å². The second-order valence-electron chi connectivity index (χ2n) is 6.59. The summed E-state index contributed by atoms with van der Waals surface area (Å²) >= 11 is 1.53. The lowest BCUT2D eigenvalue weighted by atomic mass is 10.1. The van der Waals surface area contributed by atoms with Crippen LogP contribution in [0.4, 0.5) is 4.39 Å². The minimum absolute atomic E-state index is 0.0309. The van der Waals surface area contributed by atoms with Crippen molar-refractivity contribution in [2.45, 2.75) is 36.8 Å². The number of para-hydroxylation sites is 1. The van der Waals surface area contributed by atoms with Gasteiger partial charge in [0.1, 0.15) is 11.6 Å². The number of thioether (sulfide) groups is 1. The van der Waals surface area contributed by atoms with E-state index in [1.807, 2.05) is 12.1 Å². The first-order valence-corrected chi connectivity index (χ1v) is 10.1. The molecule has 144 valence electrons. The number of phenolic OH excluding ortho intramolecular Hbond substituents is 1. The monoisotopic (exact) mass is 389 g/mol. The van der Waals surface area contributed by atoms with E-state index in [4.69, 9.17) is 4.74 Å². The molecular weight excluding hydrogens is 365 g/mol. The molecule has 1 amide bonds. The summed E-state index contributed by atoms with van der Waals surface area (Å²) in [6, 6.07) is 13.4. The molecule has 0 saturated carbocycles. The van der Waals surface area contributed by atoms with Crippen LogP contribution in [0.3, 0.4) is 0 Å². The quantitative estimate of drug-likeness (QED) is 0.687. The highest BCUT2D eigenvalue weighted by Gasteiger charge is 2.23. The van der Waals surface area contributed by atoms with Gasteiger partial charge in [-0.05, 0) is 43.2 Å². The molecule has 1 N–H and O–H groups in total. The third kappa shape index (κ3) is 5.97. The lowest BCUT2D eigenvalue weighted by molar-refractivity contribution is -0.133. The first-order chi connectivity index (χ1) is 13.1. The van der Waals surface area contributed by atoms with Gasteiger partial charge in [-0.1, -0.05) is 18.2 Å². The zero-order valence-electron chi connectivity index (χ0n) is 15.1. The fraction of sp³-hybridized carbons (Fsp3) is 0.381. The van der Waals surface area contributed by atoms with Crippen molar-refractivity contribution < 1.29 is 19.0 Å². The number of amides is 1. The minimum atomic E-state index is -0.263. The summed E-state index contributed by atoms with van der Waals surface area (Å²) in [6.07, 6.45) is 2.41. The van der Waals surface area contributed by atoms with Crippen molar-refractivity contribution in [2.24, 2.45) is 0 Å². The molecule has 1 aliphatic rings. The van der Waals surface area contributed by atoms with Crippen LogP contribution in [-0.4, -0.2) is 40.9 Å². The molecule has 1 heterocycles. The molecule has 2 aromatic carbocycles. The van der Waals surface area contributed by atoms with E-state index in [2.05, 4.69) is 0 Å². The third-order valence-corrected chi connectivity index (χ3v) is 5.57. The van der Waals surface area contributed by atoms with Crippen molar-refractivity contribution in [3.63, 3.8) is 0 Å². The Hall–Kier alpha value is -2.05. The van der Waals surface area contributed by atoms with Crippen LogP contribution in [-0.2, 0) is 16.1 Å². The van der Waals surface area contributed by atoms with Crippen LogP contribution in [0, 0.1) is 5.82 Å². The van der Waals surface area contributed by atoms with Gasteiger partial charge >= 0.3 is 0 Å². The molecule has 1 unspecified atom stereocenters. The Morgan fingerprint density at radius 2 is 2.00 bits per heavy atom. The van der Waals surface area contributed by atoms with Crippen molar-refractivity contribution in [1.29, 1.82) is 0 Å². The van der Waals surface area contributed by atoms with Crippen LogP contribution in [0.2, 0.25) is 0 Å². The van der Waals surface area contributed by atoms with E-state index in [0.717, 1.165) is 29.9 Å². The van der Waals surface area contributed by atoms with Gasteiger partial charge in [0.15, 0.2) is 0 Å². The smallest absolute Gasteiger partial charge is 0.223 e. The normalized spacial score (nSPS) is 16.4. The van der Waals surface area contributed by atoms with Crippen molar-refractivity contribution in [2.75, 3.05) is 18.9 Å². The van der Waals surface area contributed by atoms with E-state index < -0.39 is 0 Å². The van der Waals surface area contributed by atoms with Crippen molar-refractivity contribution >= 4 is 17.7 Å². The zero-order chi connectivity index (χ0) is 19.1. The number of phenols is 1. The van der Waals surface area contributed by atoms with Gasteiger partial charge in [-0.15, -0.1) is 11.8 Å². The summed E-state index contributed by atoms with van der Waals surface area (Å²) in [6.45, 7) is 1.64. The summed E-state index contributed by atoms with van der Waals surface area (Å²) in [5.74, 6) is 0.584. The topological polar surface area (TPSA) is 49.8 Å². The van der Waals surface area contributed by atoms with Crippen molar-refractivity contribution in [3.05, 3.63) is 59.9 Å². The predicted octanol–water partition coefficient (Wildman–Crippen LogP) is 4.22. The Bertz CT molecular complexity index is 747. The Morgan fingerprint density at radius 1 is 1.22 bits per heavy atom. The van der Waals surface area contributed by atoms with Gasteiger partial charge in [0.25, 0.3) is 0 Å². The van der Waals surface area contributed by atoms with E-state index in [1.54, 1.807) is 29.2 Å². The maximum Gasteiger partial charge on any atom is 0.223 e. The van der Waals surface area contributed by atoms with E-state index in [-0.39, 0.29) is 23.6 Å². The molecule has 0 bridgehead atoms. The number of carbonyl (C=O) groups is 1. The highest BCUT2D eigenvalue weighted by molar-refractivity contribution is 7.99. The lowest BCUT2D eigenvalue weighted by Gasteiger charge is -2.26. The molecule has 6 heteroatoms. The Kier molecular flexibility index (Phi) is 7.12. The molecule has 0 aliphatic carbocycles. The van der Waals surface area contributed by atoms with Crippen molar-refractivity contribution in [1.82, 2.24) is 4.90 Å². The molecule has 1 fully saturated rings. The fourth-order valence-corrected chi connectivity index (χ4v) is 3.92. The van der Waals surface area contributed by atoms with Gasteiger partial charge in [0.2, 0.25) is 5.91 Å². The maximum atomic E-state index is 13.0. The first kappa shape index (κ1) is 19.7. The summed E-state index contributed by atoms with van der Waals surface area (Å²) in [5, 5.41) is 10.0. The molecule has 3 rings (SSSR count). The molecule has 0 aromatic heterocycles. The first-order valence-electron chi connectivity index (χ1n) is 9.16. The number of carbonyl (C=O) groups excluding carboxylic acids is 1. The molecule has 2 aromatic rings. The van der Waals surface area contributed by atoms with E-state index >= 15 is 0 Å². The molecule has 0 radical (unpaired) electrons. The van der Waals surface area contributed by atoms with E-state index in [0.29, 0.717) is 25.3 Å². The van der Waals surface area contributed by atoms with Gasteiger partial charge < -0.3 is 14.7 Å². The molecule has 27 heavy (non-hydrogen) atoms. The number of nitrogens with zero attached hydrogens (tertiary/aromatic N) is 1. The number of halogens is 1. The average molecular weight is 389 g/mol. The number of aromatic hydroxyl groups is 1. The van der Waals surface area contributed by atoms with Crippen LogP contribution >= 0.6 is 11.8 Å². The second-order valence-corrected chi connectivity index (χ2v) is 7.76. The minimum Gasteiger partial charge on any atom is -0.508 e. The van der Waals surface area contributed by atoms with Gasteiger partial charge in [0, 0.05) is 42.3 Å². The number of hydrogen-bond acceptors (Lipinski definition) is 4. The van der Waals surface area contributed by atoms with Crippen LogP contribution in [0.15, 0.2) is 53.4 Å². The zero-order valence-corrected chi connectivity index (χ0v) is 16.0. The lowest BCUT2D eigenvalue weighted by Crippen LogP contribution is -2.37. The molecule has 1 atom stereocenters. The number of benzene rings is 2. The molecule has 4 nitrogen and oxygen atoms in total. The third-order valence-electron chi connectivity index (χ3n) is 4.55. The molecular formula is C21H24FNO3S. The molecule has 0 spiro atoms. The molecule has 1 aliphatic heterocycles. The molecule has 1 saturated heterocycles. The Labute approximate surface area is 163 Å². The Morgan fingerprint density at radius 3 is 2.70 bits per heavy atom. The van der Waals surface area contributed by atoms with Crippen LogP contribution < -0.4 is 0 Å². The number of hydrogen-bond donors (Lipinski definition) is 1. The highest BCUT2D eigenvalue weighted by Crippen LogP contribution is 2.23. The number of rotatable bonds is 8. The Balaban J connectivity index is 1.59. The summed E-state index contributed by atoms with van der Waals surface area (Å²) in [5.41, 5.74) is 0.732. The summed E-state index contributed by atoms with van der Waals surface area (Å²) in [7, 11) is 0. The standard InChI is InChI=1S/C21H24FNO3S/c22-17-7-9-19(10-8-17)27-13-11-21(25)23(15-18-5-3-12-26-18)14-16-4-1-2-6-20(16)24/h1-2,4,6-10,18,24H,3,5,11-15H2. The van der Waals surface area contributed by atoms with Crippen LogP contribution in [0.5, 0.6) is 5.75 Å². The summed E-state index contributed by atoms with van der Waals surface area (Å²) < 4.78 is 18.7.